The molecule has 0 bridgehead atoms. The molecule has 2 unspecified atom stereocenters. The number of anilines is 1. The monoisotopic (exact) mass is 458 g/mol. The summed E-state index contributed by atoms with van der Waals surface area (Å²) >= 11 is 2.83. The zero-order valence-electron chi connectivity index (χ0n) is 16.1. The Hall–Kier alpha value is -3.05. The summed E-state index contributed by atoms with van der Waals surface area (Å²) in [5.74, 6) is -0.196. The summed E-state index contributed by atoms with van der Waals surface area (Å²) in [5.41, 5.74) is 0.0425. The second kappa shape index (κ2) is 9.40. The molecule has 0 aliphatic carbocycles. The molecule has 0 spiro atoms. The van der Waals surface area contributed by atoms with E-state index in [0.717, 1.165) is 0 Å². The second-order valence-corrected chi connectivity index (χ2v) is 8.76. The zero-order valence-corrected chi connectivity index (χ0v) is 17.8. The summed E-state index contributed by atoms with van der Waals surface area (Å²) in [7, 11) is 0. The number of nitrogens with one attached hydrogen (secondary N) is 1. The number of hydrogen-bond donors (Lipinski definition) is 2. The number of carboxylic acid groups (broad SMARTS) is 1. The van der Waals surface area contributed by atoms with Crippen LogP contribution in [0.4, 0.5) is 5.82 Å². The molecule has 2 aromatic rings. The maximum atomic E-state index is 12.5. The van der Waals surface area contributed by atoms with Crippen LogP contribution in [-0.4, -0.2) is 61.2 Å². The largest absolute Gasteiger partial charge is 0.484 e. The highest BCUT2D eigenvalue weighted by atomic mass is 32.2. The molecule has 0 saturated carbocycles. The summed E-state index contributed by atoms with van der Waals surface area (Å²) in [6.07, 6.45) is 4.53. The fourth-order valence-corrected chi connectivity index (χ4v) is 5.58. The van der Waals surface area contributed by atoms with E-state index in [-0.39, 0.29) is 35.4 Å². The predicted octanol–water partition coefficient (Wildman–Crippen LogP) is 2.09. The molecule has 2 aliphatic rings. The molecule has 1 aromatic heterocycles. The Bertz CT molecular complexity index is 1030. The molecule has 2 atom stereocenters. The quantitative estimate of drug-likeness (QED) is 0.452. The van der Waals surface area contributed by atoms with Crippen LogP contribution in [0.2, 0.25) is 0 Å². The number of carbonyl (C=O) groups is 3. The first-order chi connectivity index (χ1) is 15.0. The molecule has 1 saturated heterocycles. The van der Waals surface area contributed by atoms with Crippen LogP contribution in [0.1, 0.15) is 0 Å². The van der Waals surface area contributed by atoms with E-state index < -0.39 is 5.97 Å². The number of para-hydroxylation sites is 1. The number of hydrogen-bond acceptors (Lipinski definition) is 8. The topological polar surface area (TPSA) is 122 Å². The lowest BCUT2D eigenvalue weighted by Gasteiger charge is -2.48. The van der Waals surface area contributed by atoms with Crippen molar-refractivity contribution >= 4 is 47.1 Å². The van der Waals surface area contributed by atoms with E-state index in [1.165, 1.54) is 40.8 Å². The highest BCUT2D eigenvalue weighted by Crippen LogP contribution is 2.43. The van der Waals surface area contributed by atoms with Crippen LogP contribution >= 0.6 is 23.5 Å². The molecule has 2 aliphatic heterocycles. The Kier molecular flexibility index (Phi) is 6.42. The number of aliphatic carboxylic acids is 1. The Balaban J connectivity index is 1.34. The summed E-state index contributed by atoms with van der Waals surface area (Å²) in [5, 5.41) is 12.2. The van der Waals surface area contributed by atoms with E-state index >= 15 is 0 Å². The predicted molar refractivity (Wildman–Crippen MR) is 116 cm³/mol. The van der Waals surface area contributed by atoms with Gasteiger partial charge in [-0.25, -0.2) is 14.8 Å². The summed E-state index contributed by atoms with van der Waals surface area (Å²) < 4.78 is 5.43. The Morgan fingerprint density at radius 1 is 1.26 bits per heavy atom. The number of ether oxygens (including phenoxy) is 1. The van der Waals surface area contributed by atoms with Crippen molar-refractivity contribution in [3.63, 3.8) is 0 Å². The van der Waals surface area contributed by atoms with Gasteiger partial charge >= 0.3 is 5.97 Å². The minimum atomic E-state index is -1.10. The Morgan fingerprint density at radius 3 is 2.81 bits per heavy atom. The van der Waals surface area contributed by atoms with Crippen molar-refractivity contribution in [1.82, 2.24) is 14.9 Å². The van der Waals surface area contributed by atoms with Crippen LogP contribution in [0.15, 0.2) is 59.5 Å². The molecule has 1 aromatic carbocycles. The van der Waals surface area contributed by atoms with Crippen LogP contribution < -0.4 is 10.1 Å². The van der Waals surface area contributed by atoms with Gasteiger partial charge in [0.25, 0.3) is 5.91 Å². The van der Waals surface area contributed by atoms with Crippen LogP contribution in [-0.2, 0) is 14.4 Å². The summed E-state index contributed by atoms with van der Waals surface area (Å²) in [6.45, 7) is -0.177. The molecule has 4 rings (SSSR count). The fraction of sp³-hybridized carbons (Fsp3) is 0.250. The number of nitrogens with zero attached hydrogens (tertiary/aromatic N) is 3. The number of rotatable bonds is 8. The van der Waals surface area contributed by atoms with Crippen LogP contribution in [0.5, 0.6) is 5.75 Å². The van der Waals surface area contributed by atoms with E-state index in [4.69, 9.17) is 4.74 Å². The lowest BCUT2D eigenvalue weighted by Crippen LogP contribution is -2.61. The minimum Gasteiger partial charge on any atom is -0.484 e. The highest BCUT2D eigenvalue weighted by molar-refractivity contribution is 8.00. The lowest BCUT2D eigenvalue weighted by atomic mass is 9.99. The van der Waals surface area contributed by atoms with Gasteiger partial charge in [0.2, 0.25) is 5.91 Å². The molecule has 31 heavy (non-hydrogen) atoms. The maximum absolute atomic E-state index is 12.5. The average molecular weight is 459 g/mol. The fourth-order valence-electron chi connectivity index (χ4n) is 3.16. The number of thioether (sulfide) groups is 2. The van der Waals surface area contributed by atoms with E-state index in [1.807, 2.05) is 18.2 Å². The van der Waals surface area contributed by atoms with Gasteiger partial charge in [0.15, 0.2) is 12.4 Å². The van der Waals surface area contributed by atoms with Crippen LogP contribution in [0.25, 0.3) is 0 Å². The van der Waals surface area contributed by atoms with Gasteiger partial charge in [0, 0.05) is 23.9 Å². The van der Waals surface area contributed by atoms with Gasteiger partial charge in [-0.2, -0.15) is 0 Å². The Morgan fingerprint density at radius 2 is 2.03 bits per heavy atom. The number of carboxylic acids is 1. The maximum Gasteiger partial charge on any atom is 0.352 e. The van der Waals surface area contributed by atoms with Gasteiger partial charge < -0.3 is 15.2 Å². The third-order valence-electron chi connectivity index (χ3n) is 4.61. The lowest BCUT2D eigenvalue weighted by molar-refractivity contribution is -0.151. The van der Waals surface area contributed by atoms with Crippen molar-refractivity contribution < 1.29 is 24.2 Å². The summed E-state index contributed by atoms with van der Waals surface area (Å²) in [4.78, 5) is 45.8. The van der Waals surface area contributed by atoms with Crippen molar-refractivity contribution in [3.8, 4) is 5.75 Å². The SMILES string of the molecule is O=C(COc1ccccc1)Nc1nccnc1SCC1C(=O)N2C(C(=O)O)=CCSC12. The van der Waals surface area contributed by atoms with Crippen molar-refractivity contribution in [2.24, 2.45) is 5.92 Å². The number of carbonyl (C=O) groups excluding carboxylic acids is 2. The van der Waals surface area contributed by atoms with Crippen molar-refractivity contribution in [3.05, 3.63) is 54.5 Å². The minimum absolute atomic E-state index is 0.0425. The molecule has 1 fully saturated rings. The van der Waals surface area contributed by atoms with Crippen LogP contribution in [0.3, 0.4) is 0 Å². The molecule has 160 valence electrons. The van der Waals surface area contributed by atoms with Crippen molar-refractivity contribution in [1.29, 1.82) is 0 Å². The third kappa shape index (κ3) is 4.67. The van der Waals surface area contributed by atoms with E-state index in [9.17, 15) is 19.5 Å². The molecule has 0 radical (unpaired) electrons. The van der Waals surface area contributed by atoms with E-state index in [1.54, 1.807) is 18.2 Å². The van der Waals surface area contributed by atoms with Crippen LogP contribution in [0, 0.1) is 5.92 Å². The molecule has 2 N–H and O–H groups in total. The molecular weight excluding hydrogens is 440 g/mol. The van der Waals surface area contributed by atoms with Gasteiger partial charge in [-0.05, 0) is 18.2 Å². The Labute approximate surface area is 186 Å². The smallest absolute Gasteiger partial charge is 0.352 e. The molecule has 9 nitrogen and oxygen atoms in total. The van der Waals surface area contributed by atoms with Gasteiger partial charge in [-0.15, -0.1) is 23.5 Å². The molecular formula is C20H18N4O5S2. The van der Waals surface area contributed by atoms with Crippen molar-refractivity contribution in [2.45, 2.75) is 10.4 Å². The zero-order chi connectivity index (χ0) is 21.8. The number of aromatic nitrogens is 2. The first-order valence-electron chi connectivity index (χ1n) is 9.34. The highest BCUT2D eigenvalue weighted by Gasteiger charge is 2.51. The first kappa shape index (κ1) is 21.2. The number of benzene rings is 1. The summed E-state index contributed by atoms with van der Waals surface area (Å²) in [6, 6.07) is 8.99. The molecule has 11 heteroatoms. The molecule has 2 amide bonds. The number of β-lactam (4-membered cyclic amide) rings is 1. The standard InChI is InChI=1S/C20H18N4O5S2/c25-15(10-29-12-4-2-1-3-5-12)23-16-17(22-8-7-21-16)31-11-13-18(26)24-14(20(27)28)6-9-30-19(13)24/h1-8,13,19H,9-11H2,(H,27,28)(H,21,23,25). The van der Waals surface area contributed by atoms with Gasteiger partial charge in [-0.3, -0.25) is 14.5 Å². The number of amides is 2. The first-order valence-corrected chi connectivity index (χ1v) is 11.4. The third-order valence-corrected chi connectivity index (χ3v) is 6.95. The average Bonchev–Trinajstić information content (AvgIpc) is 2.78. The van der Waals surface area contributed by atoms with Gasteiger partial charge in [0.05, 0.1) is 11.3 Å². The molecule has 3 heterocycles. The van der Waals surface area contributed by atoms with Gasteiger partial charge in [0.1, 0.15) is 16.5 Å². The van der Waals surface area contributed by atoms with Crippen molar-refractivity contribution in [2.75, 3.05) is 23.4 Å². The van der Waals surface area contributed by atoms with Gasteiger partial charge in [-0.1, -0.05) is 18.2 Å². The second-order valence-electron chi connectivity index (χ2n) is 6.60. The normalized spacial score (nSPS) is 19.7. The van der Waals surface area contributed by atoms with E-state index in [2.05, 4.69) is 15.3 Å². The van der Waals surface area contributed by atoms with E-state index in [0.29, 0.717) is 28.1 Å². The number of fused-ring (bicyclic) bond motifs is 1.